The molecule has 0 bridgehead atoms. The molecule has 2 aromatic carbocycles. The largest absolute Gasteiger partial charge is 0.369 e. The molecule has 1 aliphatic heterocycles. The van der Waals surface area contributed by atoms with Gasteiger partial charge in [0.1, 0.15) is 5.69 Å². The first-order valence-electron chi connectivity index (χ1n) is 9.59. The van der Waals surface area contributed by atoms with Crippen molar-refractivity contribution in [3.8, 4) is 0 Å². The van der Waals surface area contributed by atoms with Gasteiger partial charge in [0.15, 0.2) is 0 Å². The lowest BCUT2D eigenvalue weighted by molar-refractivity contribution is 0.0942. The van der Waals surface area contributed by atoms with Crippen molar-refractivity contribution >= 4 is 38.4 Å². The monoisotopic (exact) mass is 440 g/mol. The maximum atomic E-state index is 13.0. The quantitative estimate of drug-likeness (QED) is 0.673. The van der Waals surface area contributed by atoms with Crippen LogP contribution in [0.3, 0.4) is 0 Å². The highest BCUT2D eigenvalue weighted by Crippen LogP contribution is 2.30. The highest BCUT2D eigenvalue weighted by Gasteiger charge is 2.20. The van der Waals surface area contributed by atoms with Crippen LogP contribution in [0.2, 0.25) is 0 Å². The maximum absolute atomic E-state index is 13.0. The fourth-order valence-corrected chi connectivity index (χ4v) is 4.66. The van der Waals surface area contributed by atoms with Crippen LogP contribution in [0.1, 0.15) is 16.1 Å². The number of fused-ring (bicyclic) bond motifs is 1. The first-order valence-corrected chi connectivity index (χ1v) is 10.4. The number of likely N-dealkylation sites (N-methyl/N-ethyl adjacent to an activating group) is 1. The standard InChI is InChI=1S/C22H25BrN4O/c1-25-11-13-27(14-12-25)18-9-5-3-7-16(18)15-24-22(28)21-20(23)17-8-4-6-10-19(17)26(21)2/h3-10H,11-15H2,1-2H3,(H,24,28). The second-order valence-corrected chi connectivity index (χ2v) is 8.13. The van der Waals surface area contributed by atoms with Gasteiger partial charge < -0.3 is 19.7 Å². The zero-order valence-corrected chi connectivity index (χ0v) is 17.9. The Hall–Kier alpha value is -2.31. The van der Waals surface area contributed by atoms with Crippen molar-refractivity contribution in [3.63, 3.8) is 0 Å². The van der Waals surface area contributed by atoms with Crippen LogP contribution in [-0.4, -0.2) is 48.6 Å². The number of para-hydroxylation sites is 2. The van der Waals surface area contributed by atoms with Crippen molar-refractivity contribution in [3.05, 3.63) is 64.3 Å². The smallest absolute Gasteiger partial charge is 0.269 e. The first kappa shape index (κ1) is 19.0. The average molecular weight is 441 g/mol. The molecule has 0 unspecified atom stereocenters. The summed E-state index contributed by atoms with van der Waals surface area (Å²) in [6.45, 7) is 4.65. The molecule has 0 saturated carbocycles. The van der Waals surface area contributed by atoms with Gasteiger partial charge in [-0.1, -0.05) is 36.4 Å². The molecule has 1 fully saturated rings. The number of aromatic nitrogens is 1. The molecule has 0 atom stereocenters. The summed E-state index contributed by atoms with van der Waals surface area (Å²) in [4.78, 5) is 17.7. The van der Waals surface area contributed by atoms with E-state index in [0.717, 1.165) is 47.1 Å². The molecule has 6 heteroatoms. The number of nitrogens with one attached hydrogen (secondary N) is 1. The van der Waals surface area contributed by atoms with Gasteiger partial charge in [0.25, 0.3) is 5.91 Å². The lowest BCUT2D eigenvalue weighted by Crippen LogP contribution is -2.45. The van der Waals surface area contributed by atoms with Gasteiger partial charge in [0.2, 0.25) is 0 Å². The molecule has 1 amide bonds. The third-order valence-corrected chi connectivity index (χ3v) is 6.34. The number of rotatable bonds is 4. The summed E-state index contributed by atoms with van der Waals surface area (Å²) in [5.41, 5.74) is 4.05. The zero-order valence-electron chi connectivity index (χ0n) is 16.3. The van der Waals surface area contributed by atoms with Gasteiger partial charge in [-0.2, -0.15) is 0 Å². The van der Waals surface area contributed by atoms with Gasteiger partial charge in [-0.05, 0) is 40.7 Å². The summed E-state index contributed by atoms with van der Waals surface area (Å²) >= 11 is 3.62. The number of hydrogen-bond donors (Lipinski definition) is 1. The highest BCUT2D eigenvalue weighted by atomic mass is 79.9. The van der Waals surface area contributed by atoms with Crippen LogP contribution >= 0.6 is 15.9 Å². The van der Waals surface area contributed by atoms with Crippen LogP contribution in [0, 0.1) is 0 Å². The molecule has 4 rings (SSSR count). The number of amides is 1. The molecule has 0 spiro atoms. The van der Waals surface area contributed by atoms with E-state index in [-0.39, 0.29) is 5.91 Å². The molecule has 3 aromatic rings. The average Bonchev–Trinajstić information content (AvgIpc) is 2.98. The lowest BCUT2D eigenvalue weighted by Gasteiger charge is -2.35. The highest BCUT2D eigenvalue weighted by molar-refractivity contribution is 9.10. The van der Waals surface area contributed by atoms with Gasteiger partial charge in [0, 0.05) is 56.4 Å². The Balaban J connectivity index is 1.54. The van der Waals surface area contributed by atoms with E-state index in [4.69, 9.17) is 0 Å². The van der Waals surface area contributed by atoms with Gasteiger partial charge in [0.05, 0.1) is 4.47 Å². The summed E-state index contributed by atoms with van der Waals surface area (Å²) < 4.78 is 2.79. The van der Waals surface area contributed by atoms with E-state index >= 15 is 0 Å². The van der Waals surface area contributed by atoms with Crippen molar-refractivity contribution < 1.29 is 4.79 Å². The van der Waals surface area contributed by atoms with E-state index in [9.17, 15) is 4.79 Å². The van der Waals surface area contributed by atoms with Crippen LogP contribution in [-0.2, 0) is 13.6 Å². The second kappa shape index (κ2) is 7.97. The van der Waals surface area contributed by atoms with Crippen molar-refractivity contribution in [1.82, 2.24) is 14.8 Å². The summed E-state index contributed by atoms with van der Waals surface area (Å²) in [7, 11) is 4.09. The van der Waals surface area contributed by atoms with Crippen molar-refractivity contribution in [2.24, 2.45) is 7.05 Å². The van der Waals surface area contributed by atoms with Gasteiger partial charge in [-0.3, -0.25) is 4.79 Å². The van der Waals surface area contributed by atoms with Crippen molar-refractivity contribution in [2.75, 3.05) is 38.1 Å². The Morgan fingerprint density at radius 2 is 1.68 bits per heavy atom. The minimum absolute atomic E-state index is 0.0706. The fraction of sp³-hybridized carbons (Fsp3) is 0.318. The predicted octanol–water partition coefficient (Wildman–Crippen LogP) is 3.62. The number of nitrogens with zero attached hydrogens (tertiary/aromatic N) is 3. The number of halogens is 1. The maximum Gasteiger partial charge on any atom is 0.269 e. The molecule has 1 aromatic heterocycles. The molecule has 1 N–H and O–H groups in total. The molecule has 0 aliphatic carbocycles. The summed E-state index contributed by atoms with van der Waals surface area (Å²) in [5.74, 6) is -0.0706. The second-order valence-electron chi connectivity index (χ2n) is 7.34. The SMILES string of the molecule is CN1CCN(c2ccccc2CNC(=O)c2c(Br)c3ccccc3n2C)CC1. The number of carbonyl (C=O) groups excluding carboxylic acids is 1. The molecule has 0 radical (unpaired) electrons. The van der Waals surface area contributed by atoms with Gasteiger partial charge in [-0.15, -0.1) is 0 Å². The molecular weight excluding hydrogens is 416 g/mol. The third-order valence-electron chi connectivity index (χ3n) is 5.54. The molecule has 146 valence electrons. The van der Waals surface area contributed by atoms with Gasteiger partial charge >= 0.3 is 0 Å². The Morgan fingerprint density at radius 1 is 1.00 bits per heavy atom. The Labute approximate surface area is 174 Å². The number of aryl methyl sites for hydroxylation is 1. The van der Waals surface area contributed by atoms with E-state index in [2.05, 4.69) is 56.3 Å². The predicted molar refractivity (Wildman–Crippen MR) is 118 cm³/mol. The molecular formula is C22H25BrN4O. The molecule has 2 heterocycles. The Morgan fingerprint density at radius 3 is 2.43 bits per heavy atom. The number of carbonyl (C=O) groups is 1. The van der Waals surface area contributed by atoms with Crippen molar-refractivity contribution in [1.29, 1.82) is 0 Å². The normalized spacial score (nSPS) is 15.2. The molecule has 1 saturated heterocycles. The zero-order chi connectivity index (χ0) is 19.7. The summed E-state index contributed by atoms with van der Waals surface area (Å²) in [5, 5.41) is 4.17. The fourth-order valence-electron chi connectivity index (χ4n) is 3.87. The van der Waals surface area contributed by atoms with E-state index < -0.39 is 0 Å². The summed E-state index contributed by atoms with van der Waals surface area (Å²) in [6.07, 6.45) is 0. The third kappa shape index (κ3) is 3.54. The summed E-state index contributed by atoms with van der Waals surface area (Å²) in [6, 6.07) is 16.4. The molecule has 1 aliphatic rings. The molecule has 28 heavy (non-hydrogen) atoms. The lowest BCUT2D eigenvalue weighted by atomic mass is 10.1. The van der Waals surface area contributed by atoms with Crippen LogP contribution in [0.4, 0.5) is 5.69 Å². The minimum Gasteiger partial charge on any atom is -0.369 e. The molecule has 5 nitrogen and oxygen atoms in total. The van der Waals surface area contributed by atoms with Crippen molar-refractivity contribution in [2.45, 2.75) is 6.54 Å². The Bertz CT molecular complexity index is 966. The number of piperazine rings is 1. The first-order chi connectivity index (χ1) is 13.6. The number of benzene rings is 2. The van der Waals surface area contributed by atoms with Crippen LogP contribution < -0.4 is 10.2 Å². The van der Waals surface area contributed by atoms with Crippen LogP contribution in [0.25, 0.3) is 10.9 Å². The van der Waals surface area contributed by atoms with E-state index in [1.807, 2.05) is 41.9 Å². The Kier molecular flexibility index (Phi) is 5.42. The minimum atomic E-state index is -0.0706. The van der Waals surface area contributed by atoms with E-state index in [1.54, 1.807) is 0 Å². The van der Waals surface area contributed by atoms with Gasteiger partial charge in [-0.25, -0.2) is 0 Å². The van der Waals surface area contributed by atoms with E-state index in [0.29, 0.717) is 12.2 Å². The topological polar surface area (TPSA) is 40.5 Å². The number of anilines is 1. The van der Waals surface area contributed by atoms with E-state index in [1.165, 1.54) is 5.69 Å². The van der Waals surface area contributed by atoms with Crippen LogP contribution in [0.5, 0.6) is 0 Å². The number of hydrogen-bond acceptors (Lipinski definition) is 3. The van der Waals surface area contributed by atoms with Crippen LogP contribution in [0.15, 0.2) is 53.0 Å².